The van der Waals surface area contributed by atoms with Crippen molar-refractivity contribution in [2.24, 2.45) is 0 Å². The van der Waals surface area contributed by atoms with Crippen LogP contribution >= 0.6 is 0 Å². The molecule has 0 radical (unpaired) electrons. The van der Waals surface area contributed by atoms with Crippen LogP contribution in [0.3, 0.4) is 0 Å². The van der Waals surface area contributed by atoms with Gasteiger partial charge in [0, 0.05) is 37.4 Å². The van der Waals surface area contributed by atoms with E-state index in [1.165, 1.54) is 5.69 Å². The first kappa shape index (κ1) is 16.0. The zero-order valence-electron chi connectivity index (χ0n) is 13.5. The zero-order valence-corrected chi connectivity index (χ0v) is 13.5. The highest BCUT2D eigenvalue weighted by Gasteiger charge is 2.31. The highest BCUT2D eigenvalue weighted by molar-refractivity contribution is 5.82. The lowest BCUT2D eigenvalue weighted by atomic mass is 9.89. The van der Waals surface area contributed by atoms with Gasteiger partial charge in [-0.05, 0) is 45.7 Å². The Morgan fingerprint density at radius 3 is 2.86 bits per heavy atom. The first-order valence-corrected chi connectivity index (χ1v) is 8.25. The number of hydrogen-bond donors (Lipinski definition) is 1. The number of likely N-dealkylation sites (N-methyl/N-ethyl adjacent to an activating group) is 1. The lowest BCUT2D eigenvalue weighted by Crippen LogP contribution is -2.50. The molecule has 5 heteroatoms. The number of carbonyl (C=O) groups is 1. The van der Waals surface area contributed by atoms with Gasteiger partial charge < -0.3 is 10.2 Å². The third kappa shape index (κ3) is 3.64. The average molecular weight is 292 g/mol. The van der Waals surface area contributed by atoms with Crippen LogP contribution in [0, 0.1) is 0 Å². The topological polar surface area (TPSA) is 50.2 Å². The SMILES string of the molecule is CCCn1nccc1C1CCNC(C(=O)N(CC)CC)C1. The molecule has 21 heavy (non-hydrogen) atoms. The van der Waals surface area contributed by atoms with Crippen LogP contribution in [-0.2, 0) is 11.3 Å². The molecule has 0 bridgehead atoms. The number of hydrogen-bond acceptors (Lipinski definition) is 3. The van der Waals surface area contributed by atoms with Gasteiger partial charge in [0.05, 0.1) is 6.04 Å². The summed E-state index contributed by atoms with van der Waals surface area (Å²) in [5.74, 6) is 0.677. The molecule has 1 aliphatic heterocycles. The molecule has 2 rings (SSSR count). The number of aromatic nitrogens is 2. The molecule has 1 aromatic heterocycles. The summed E-state index contributed by atoms with van der Waals surface area (Å²) in [6.45, 7) is 9.68. The molecule has 0 aliphatic carbocycles. The van der Waals surface area contributed by atoms with Crippen LogP contribution in [0.5, 0.6) is 0 Å². The smallest absolute Gasteiger partial charge is 0.239 e. The van der Waals surface area contributed by atoms with Crippen LogP contribution in [-0.4, -0.2) is 46.3 Å². The maximum Gasteiger partial charge on any atom is 0.239 e. The van der Waals surface area contributed by atoms with Crippen LogP contribution in [0.15, 0.2) is 12.3 Å². The molecule has 1 fully saturated rings. The zero-order chi connectivity index (χ0) is 15.2. The molecule has 1 amide bonds. The largest absolute Gasteiger partial charge is 0.342 e. The molecule has 2 atom stereocenters. The maximum absolute atomic E-state index is 12.5. The second-order valence-electron chi connectivity index (χ2n) is 5.72. The molecule has 118 valence electrons. The number of rotatable bonds is 6. The fourth-order valence-corrected chi connectivity index (χ4v) is 3.22. The predicted octanol–water partition coefficient (Wildman–Crippen LogP) is 2.00. The quantitative estimate of drug-likeness (QED) is 0.872. The van der Waals surface area contributed by atoms with E-state index in [-0.39, 0.29) is 11.9 Å². The number of carbonyl (C=O) groups excluding carboxylic acids is 1. The van der Waals surface area contributed by atoms with E-state index in [1.54, 1.807) is 0 Å². The predicted molar refractivity (Wildman–Crippen MR) is 84.2 cm³/mol. The van der Waals surface area contributed by atoms with E-state index in [2.05, 4.69) is 28.1 Å². The first-order chi connectivity index (χ1) is 10.2. The molecule has 2 heterocycles. The molecule has 0 spiro atoms. The van der Waals surface area contributed by atoms with Crippen LogP contribution in [0.25, 0.3) is 0 Å². The van der Waals surface area contributed by atoms with Gasteiger partial charge in [0.2, 0.25) is 5.91 Å². The van der Waals surface area contributed by atoms with Crippen molar-refractivity contribution < 1.29 is 4.79 Å². The van der Waals surface area contributed by atoms with Gasteiger partial charge in [-0.15, -0.1) is 0 Å². The minimum atomic E-state index is -0.0476. The normalized spacial score (nSPS) is 22.2. The molecular weight excluding hydrogens is 264 g/mol. The Labute approximate surface area is 127 Å². The summed E-state index contributed by atoms with van der Waals surface area (Å²) in [6.07, 6.45) is 4.93. The fraction of sp³-hybridized carbons (Fsp3) is 0.750. The monoisotopic (exact) mass is 292 g/mol. The van der Waals surface area contributed by atoms with E-state index >= 15 is 0 Å². The number of piperidine rings is 1. The van der Waals surface area contributed by atoms with E-state index in [0.717, 1.165) is 45.4 Å². The number of amides is 1. The molecule has 2 unspecified atom stereocenters. The molecule has 5 nitrogen and oxygen atoms in total. The lowest BCUT2D eigenvalue weighted by Gasteiger charge is -2.33. The minimum Gasteiger partial charge on any atom is -0.342 e. The van der Waals surface area contributed by atoms with E-state index < -0.39 is 0 Å². The van der Waals surface area contributed by atoms with Gasteiger partial charge >= 0.3 is 0 Å². The van der Waals surface area contributed by atoms with Crippen molar-refractivity contribution in [3.63, 3.8) is 0 Å². The second-order valence-corrected chi connectivity index (χ2v) is 5.72. The van der Waals surface area contributed by atoms with Crippen molar-refractivity contribution in [2.75, 3.05) is 19.6 Å². The number of nitrogens with one attached hydrogen (secondary N) is 1. The van der Waals surface area contributed by atoms with Crippen molar-refractivity contribution in [1.82, 2.24) is 20.0 Å². The van der Waals surface area contributed by atoms with Crippen molar-refractivity contribution in [2.45, 2.75) is 58.5 Å². The van der Waals surface area contributed by atoms with Gasteiger partial charge in [-0.3, -0.25) is 9.48 Å². The second kappa shape index (κ2) is 7.59. The fourth-order valence-electron chi connectivity index (χ4n) is 3.22. The highest BCUT2D eigenvalue weighted by Crippen LogP contribution is 2.28. The maximum atomic E-state index is 12.5. The molecule has 1 N–H and O–H groups in total. The van der Waals surface area contributed by atoms with Crippen molar-refractivity contribution in [3.05, 3.63) is 18.0 Å². The molecular formula is C16H28N4O. The van der Waals surface area contributed by atoms with Crippen molar-refractivity contribution >= 4 is 5.91 Å². The minimum absolute atomic E-state index is 0.0476. The average Bonchev–Trinajstić information content (AvgIpc) is 2.97. The Morgan fingerprint density at radius 1 is 1.43 bits per heavy atom. The Bertz CT molecular complexity index is 453. The summed E-state index contributed by atoms with van der Waals surface area (Å²) in [5.41, 5.74) is 1.29. The Balaban J connectivity index is 2.06. The lowest BCUT2D eigenvalue weighted by molar-refractivity contribution is -0.133. The number of aryl methyl sites for hydroxylation is 1. The van der Waals surface area contributed by atoms with Crippen LogP contribution in [0.1, 0.15) is 51.6 Å². The van der Waals surface area contributed by atoms with Crippen molar-refractivity contribution in [3.8, 4) is 0 Å². The number of nitrogens with zero attached hydrogens (tertiary/aromatic N) is 3. The van der Waals surface area contributed by atoms with Gasteiger partial charge in [0.15, 0.2) is 0 Å². The molecule has 1 aliphatic rings. The third-order valence-electron chi connectivity index (χ3n) is 4.38. The molecule has 0 aromatic carbocycles. The van der Waals surface area contributed by atoms with Gasteiger partial charge in [-0.1, -0.05) is 6.92 Å². The Morgan fingerprint density at radius 2 is 2.19 bits per heavy atom. The Kier molecular flexibility index (Phi) is 5.79. The van der Waals surface area contributed by atoms with Gasteiger partial charge in [-0.25, -0.2) is 0 Å². The van der Waals surface area contributed by atoms with E-state index in [4.69, 9.17) is 0 Å². The first-order valence-electron chi connectivity index (χ1n) is 8.25. The molecule has 1 saturated heterocycles. The summed E-state index contributed by atoms with van der Waals surface area (Å²) in [5, 5.41) is 7.81. The Hall–Kier alpha value is -1.36. The van der Waals surface area contributed by atoms with E-state index in [1.807, 2.05) is 24.9 Å². The highest BCUT2D eigenvalue weighted by atomic mass is 16.2. The third-order valence-corrected chi connectivity index (χ3v) is 4.38. The van der Waals surface area contributed by atoms with Crippen LogP contribution in [0.4, 0.5) is 0 Å². The van der Waals surface area contributed by atoms with Crippen LogP contribution < -0.4 is 5.32 Å². The van der Waals surface area contributed by atoms with E-state index in [0.29, 0.717) is 5.92 Å². The van der Waals surface area contributed by atoms with E-state index in [9.17, 15) is 4.79 Å². The molecule has 0 saturated carbocycles. The standard InChI is InChI=1S/C16H28N4O/c1-4-11-20-15(8-10-18-20)13-7-9-17-14(12-13)16(21)19(5-2)6-3/h8,10,13-14,17H,4-7,9,11-12H2,1-3H3. The molecule has 1 aromatic rings. The van der Waals surface area contributed by atoms with Crippen molar-refractivity contribution in [1.29, 1.82) is 0 Å². The summed E-state index contributed by atoms with van der Waals surface area (Å²) in [7, 11) is 0. The summed E-state index contributed by atoms with van der Waals surface area (Å²) < 4.78 is 2.11. The van der Waals surface area contributed by atoms with Gasteiger partial charge in [0.1, 0.15) is 0 Å². The van der Waals surface area contributed by atoms with Gasteiger partial charge in [0.25, 0.3) is 0 Å². The summed E-state index contributed by atoms with van der Waals surface area (Å²) in [4.78, 5) is 14.4. The van der Waals surface area contributed by atoms with Crippen LogP contribution in [0.2, 0.25) is 0 Å². The van der Waals surface area contributed by atoms with Gasteiger partial charge in [-0.2, -0.15) is 5.10 Å². The summed E-state index contributed by atoms with van der Waals surface area (Å²) in [6, 6.07) is 2.07. The summed E-state index contributed by atoms with van der Waals surface area (Å²) >= 11 is 0.